The third kappa shape index (κ3) is 5.39. The van der Waals surface area contributed by atoms with Gasteiger partial charge in [0.1, 0.15) is 24.7 Å². The summed E-state index contributed by atoms with van der Waals surface area (Å²) in [5.41, 5.74) is 5.93. The number of aryl methyl sites for hydroxylation is 1. The molecule has 1 aromatic heterocycles. The van der Waals surface area contributed by atoms with Gasteiger partial charge in [0.25, 0.3) is 0 Å². The van der Waals surface area contributed by atoms with Crippen LogP contribution < -0.4 is 15.0 Å². The lowest BCUT2D eigenvalue weighted by atomic mass is 10.0. The highest BCUT2D eigenvalue weighted by atomic mass is 17.2. The lowest BCUT2D eigenvalue weighted by Crippen LogP contribution is -2.34. The standard InChI is InChI=1S/C26H31N3O3/c1-19-6-4-8-22(16-19)17-29-14-15-31-24-12-13-27-26(25(24)29)28-20(2)23-9-5-7-21(10-11-23)18-32-30-3/h4-8,10-13,16,20H,9,14-15,17-18H2,1-3H3,(H,27,28). The Morgan fingerprint density at radius 3 is 3.00 bits per heavy atom. The van der Waals surface area contributed by atoms with Crippen molar-refractivity contribution in [3.8, 4) is 5.75 Å². The normalized spacial score (nSPS) is 16.4. The van der Waals surface area contributed by atoms with Crippen molar-refractivity contribution in [2.45, 2.75) is 32.9 Å². The fraction of sp³-hybridized carbons (Fsp3) is 0.346. The van der Waals surface area contributed by atoms with Crippen LogP contribution >= 0.6 is 0 Å². The Labute approximate surface area is 190 Å². The van der Waals surface area contributed by atoms with Crippen LogP contribution in [0.1, 0.15) is 24.5 Å². The molecule has 0 radical (unpaired) electrons. The zero-order valence-corrected chi connectivity index (χ0v) is 19.0. The maximum atomic E-state index is 5.97. The first-order chi connectivity index (χ1) is 15.6. The summed E-state index contributed by atoms with van der Waals surface area (Å²) in [6.07, 6.45) is 11.1. The van der Waals surface area contributed by atoms with Crippen molar-refractivity contribution >= 4 is 11.5 Å². The van der Waals surface area contributed by atoms with Crippen LogP contribution in [0.3, 0.4) is 0 Å². The molecule has 2 aromatic rings. The van der Waals surface area contributed by atoms with Gasteiger partial charge in [-0.2, -0.15) is 0 Å². The lowest BCUT2D eigenvalue weighted by molar-refractivity contribution is -0.264. The van der Waals surface area contributed by atoms with Crippen LogP contribution in [0.2, 0.25) is 0 Å². The smallest absolute Gasteiger partial charge is 0.153 e. The average molecular weight is 434 g/mol. The number of fused-ring (bicyclic) bond motifs is 1. The monoisotopic (exact) mass is 433 g/mol. The minimum atomic E-state index is 0.111. The van der Waals surface area contributed by atoms with Crippen LogP contribution in [-0.2, 0) is 16.3 Å². The Bertz CT molecular complexity index is 1030. The Balaban J connectivity index is 1.54. The molecule has 1 unspecified atom stereocenters. The van der Waals surface area contributed by atoms with Crippen LogP contribution in [0.25, 0.3) is 0 Å². The Morgan fingerprint density at radius 1 is 1.25 bits per heavy atom. The van der Waals surface area contributed by atoms with E-state index in [4.69, 9.17) is 14.5 Å². The van der Waals surface area contributed by atoms with Gasteiger partial charge in [-0.25, -0.2) is 14.8 Å². The second kappa shape index (κ2) is 10.5. The van der Waals surface area contributed by atoms with Gasteiger partial charge in [0.2, 0.25) is 0 Å². The minimum Gasteiger partial charge on any atom is -0.489 e. The second-order valence-electron chi connectivity index (χ2n) is 8.15. The number of aromatic nitrogens is 1. The first-order valence-electron chi connectivity index (χ1n) is 11.0. The summed E-state index contributed by atoms with van der Waals surface area (Å²) in [6.45, 7) is 7.04. The van der Waals surface area contributed by atoms with E-state index >= 15 is 0 Å². The van der Waals surface area contributed by atoms with Crippen molar-refractivity contribution in [1.29, 1.82) is 0 Å². The maximum absolute atomic E-state index is 5.97. The van der Waals surface area contributed by atoms with Crippen LogP contribution in [-0.4, -0.2) is 37.9 Å². The van der Waals surface area contributed by atoms with Crippen molar-refractivity contribution in [2.75, 3.05) is 37.1 Å². The summed E-state index contributed by atoms with van der Waals surface area (Å²) in [5, 5.41) is 3.63. The molecule has 168 valence electrons. The molecule has 4 rings (SSSR count). The second-order valence-corrected chi connectivity index (χ2v) is 8.15. The predicted molar refractivity (Wildman–Crippen MR) is 128 cm³/mol. The number of allylic oxidation sites excluding steroid dienone is 3. The largest absolute Gasteiger partial charge is 0.489 e. The average Bonchev–Trinajstić information content (AvgIpc) is 3.04. The Hall–Kier alpha value is -3.09. The number of ether oxygens (including phenoxy) is 1. The quantitative estimate of drug-likeness (QED) is 0.468. The van der Waals surface area contributed by atoms with Crippen molar-refractivity contribution in [1.82, 2.24) is 4.98 Å². The molecule has 1 aliphatic carbocycles. The third-order valence-corrected chi connectivity index (χ3v) is 5.73. The predicted octanol–water partition coefficient (Wildman–Crippen LogP) is 4.98. The zero-order valence-electron chi connectivity index (χ0n) is 19.0. The summed E-state index contributed by atoms with van der Waals surface area (Å²) in [6, 6.07) is 10.7. The van der Waals surface area contributed by atoms with Gasteiger partial charge in [-0.3, -0.25) is 0 Å². The Morgan fingerprint density at radius 2 is 2.16 bits per heavy atom. The number of nitrogens with one attached hydrogen (secondary N) is 1. The van der Waals surface area contributed by atoms with Gasteiger partial charge in [-0.15, -0.1) is 0 Å². The molecule has 0 saturated heterocycles. The number of benzene rings is 1. The summed E-state index contributed by atoms with van der Waals surface area (Å²) >= 11 is 0. The van der Waals surface area contributed by atoms with Gasteiger partial charge in [0.05, 0.1) is 13.7 Å². The van der Waals surface area contributed by atoms with E-state index in [0.717, 1.165) is 42.3 Å². The van der Waals surface area contributed by atoms with Gasteiger partial charge < -0.3 is 15.0 Å². The molecule has 1 N–H and O–H groups in total. The van der Waals surface area contributed by atoms with Crippen molar-refractivity contribution < 1.29 is 14.5 Å². The van der Waals surface area contributed by atoms with E-state index in [2.05, 4.69) is 77.6 Å². The van der Waals surface area contributed by atoms with Crippen LogP contribution in [0.4, 0.5) is 11.5 Å². The molecule has 2 heterocycles. The maximum Gasteiger partial charge on any atom is 0.153 e. The molecule has 32 heavy (non-hydrogen) atoms. The molecule has 2 aliphatic rings. The molecule has 1 aliphatic heterocycles. The molecule has 6 heteroatoms. The van der Waals surface area contributed by atoms with Gasteiger partial charge in [-0.1, -0.05) is 54.1 Å². The first kappa shape index (κ1) is 22.1. The number of pyridine rings is 1. The summed E-state index contributed by atoms with van der Waals surface area (Å²) < 4.78 is 5.97. The number of hydrogen-bond donors (Lipinski definition) is 1. The molecule has 1 aromatic carbocycles. The fourth-order valence-corrected chi connectivity index (χ4v) is 4.06. The van der Waals surface area contributed by atoms with Crippen LogP contribution in [0, 0.1) is 6.92 Å². The highest BCUT2D eigenvalue weighted by molar-refractivity contribution is 5.74. The summed E-state index contributed by atoms with van der Waals surface area (Å²) in [5.74, 6) is 1.73. The van der Waals surface area contributed by atoms with E-state index < -0.39 is 0 Å². The highest BCUT2D eigenvalue weighted by Crippen LogP contribution is 2.38. The van der Waals surface area contributed by atoms with E-state index in [1.807, 2.05) is 12.3 Å². The van der Waals surface area contributed by atoms with E-state index in [1.165, 1.54) is 23.8 Å². The van der Waals surface area contributed by atoms with E-state index in [-0.39, 0.29) is 6.04 Å². The van der Waals surface area contributed by atoms with Crippen molar-refractivity contribution in [2.24, 2.45) is 0 Å². The lowest BCUT2D eigenvalue weighted by Gasteiger charge is -2.33. The molecule has 0 spiro atoms. The molecule has 0 bridgehead atoms. The van der Waals surface area contributed by atoms with Gasteiger partial charge in [0, 0.05) is 24.8 Å². The molecule has 6 nitrogen and oxygen atoms in total. The van der Waals surface area contributed by atoms with E-state index in [0.29, 0.717) is 13.2 Å². The number of rotatable bonds is 8. The third-order valence-electron chi connectivity index (χ3n) is 5.73. The molecular weight excluding hydrogens is 402 g/mol. The summed E-state index contributed by atoms with van der Waals surface area (Å²) in [7, 11) is 1.52. The fourth-order valence-electron chi connectivity index (χ4n) is 4.06. The summed E-state index contributed by atoms with van der Waals surface area (Å²) in [4.78, 5) is 16.8. The number of hydrogen-bond acceptors (Lipinski definition) is 6. The van der Waals surface area contributed by atoms with Crippen LogP contribution in [0.15, 0.2) is 72.0 Å². The van der Waals surface area contributed by atoms with Gasteiger partial charge >= 0.3 is 0 Å². The zero-order chi connectivity index (χ0) is 22.3. The SMILES string of the molecule is COOCC1=CC=C(C(C)Nc2nccc3c2N(Cc2cccc(C)c2)CCO3)CC=C1. The number of nitrogens with zero attached hydrogens (tertiary/aromatic N) is 2. The molecule has 0 amide bonds. The van der Waals surface area contributed by atoms with E-state index in [9.17, 15) is 0 Å². The minimum absolute atomic E-state index is 0.111. The molecular formula is C26H31N3O3. The Kier molecular flexibility index (Phi) is 7.24. The first-order valence-corrected chi connectivity index (χ1v) is 11.0. The molecule has 1 atom stereocenters. The van der Waals surface area contributed by atoms with Crippen molar-refractivity contribution in [3.63, 3.8) is 0 Å². The number of anilines is 2. The van der Waals surface area contributed by atoms with Gasteiger partial charge in [-0.05, 0) is 37.0 Å². The van der Waals surface area contributed by atoms with Gasteiger partial charge in [0.15, 0.2) is 5.82 Å². The molecule has 0 saturated carbocycles. The van der Waals surface area contributed by atoms with Crippen molar-refractivity contribution in [3.05, 3.63) is 83.1 Å². The topological polar surface area (TPSA) is 55.9 Å². The molecule has 0 fully saturated rings. The highest BCUT2D eigenvalue weighted by Gasteiger charge is 2.24. The van der Waals surface area contributed by atoms with Crippen LogP contribution in [0.5, 0.6) is 5.75 Å². The van der Waals surface area contributed by atoms with E-state index in [1.54, 1.807) is 0 Å².